The average Bonchev–Trinajstić information content (AvgIpc) is 2.78. The number of rotatable bonds is 4. The molecular weight excluding hydrogens is 230 g/mol. The number of carbonyl (C=O) groups is 2. The summed E-state index contributed by atoms with van der Waals surface area (Å²) in [4.78, 5) is 29.3. The third-order valence-electron chi connectivity index (χ3n) is 3.25. The highest BCUT2D eigenvalue weighted by Gasteiger charge is 2.21. The number of amides is 1. The van der Waals surface area contributed by atoms with E-state index in [9.17, 15) is 9.59 Å². The summed E-state index contributed by atoms with van der Waals surface area (Å²) in [5, 5.41) is 0. The fourth-order valence-corrected chi connectivity index (χ4v) is 2.19. The van der Waals surface area contributed by atoms with Crippen LogP contribution in [0.3, 0.4) is 0 Å². The van der Waals surface area contributed by atoms with E-state index >= 15 is 0 Å². The van der Waals surface area contributed by atoms with Crippen molar-refractivity contribution in [3.05, 3.63) is 18.2 Å². The van der Waals surface area contributed by atoms with Gasteiger partial charge in [0.05, 0.1) is 0 Å². The maximum absolute atomic E-state index is 12.1. The van der Waals surface area contributed by atoms with Crippen LogP contribution >= 0.6 is 0 Å². The lowest BCUT2D eigenvalue weighted by atomic mass is 10.1. The molecule has 1 aliphatic heterocycles. The van der Waals surface area contributed by atoms with E-state index in [1.54, 1.807) is 11.1 Å². The molecule has 0 radical (unpaired) electrons. The summed E-state index contributed by atoms with van der Waals surface area (Å²) in [6.07, 6.45) is 6.48. The summed E-state index contributed by atoms with van der Waals surface area (Å²) < 4.78 is 1.91. The number of nitrogens with zero attached hydrogens (tertiary/aromatic N) is 3. The Hall–Kier alpha value is -1.65. The molecule has 5 heteroatoms. The van der Waals surface area contributed by atoms with Crippen molar-refractivity contribution in [3.8, 4) is 0 Å². The predicted octanol–water partition coefficient (Wildman–Crippen LogP) is 1.03. The minimum absolute atomic E-state index is 0.0813. The van der Waals surface area contributed by atoms with Crippen LogP contribution in [0.2, 0.25) is 0 Å². The van der Waals surface area contributed by atoms with E-state index < -0.39 is 0 Å². The summed E-state index contributed by atoms with van der Waals surface area (Å²) in [7, 11) is 0. The van der Waals surface area contributed by atoms with Gasteiger partial charge in [0.15, 0.2) is 0 Å². The summed E-state index contributed by atoms with van der Waals surface area (Å²) in [6.45, 7) is 3.56. The highest BCUT2D eigenvalue weighted by atomic mass is 16.2. The van der Waals surface area contributed by atoms with Crippen molar-refractivity contribution in [2.45, 2.75) is 39.2 Å². The number of imidazole rings is 1. The minimum atomic E-state index is 0.0813. The molecule has 1 amide bonds. The highest BCUT2D eigenvalue weighted by Crippen LogP contribution is 2.08. The molecule has 0 saturated carbocycles. The van der Waals surface area contributed by atoms with Crippen LogP contribution in [-0.4, -0.2) is 39.2 Å². The van der Waals surface area contributed by atoms with Gasteiger partial charge >= 0.3 is 0 Å². The maximum atomic E-state index is 12.1. The Labute approximate surface area is 107 Å². The molecule has 0 aliphatic carbocycles. The Morgan fingerprint density at radius 2 is 2.11 bits per heavy atom. The molecular formula is C13H19N3O2. The van der Waals surface area contributed by atoms with Crippen molar-refractivity contribution in [3.63, 3.8) is 0 Å². The fourth-order valence-electron chi connectivity index (χ4n) is 2.19. The topological polar surface area (TPSA) is 55.2 Å². The van der Waals surface area contributed by atoms with Crippen LogP contribution in [0.15, 0.2) is 12.4 Å². The number of Topliss-reactive ketones (excluding diaryl/α,β-unsaturated/α-hetero) is 1. The molecule has 18 heavy (non-hydrogen) atoms. The first-order chi connectivity index (χ1) is 8.70. The number of piperidine rings is 1. The van der Waals surface area contributed by atoms with Gasteiger partial charge in [-0.05, 0) is 6.42 Å². The number of ketones is 1. The Morgan fingerprint density at radius 3 is 2.78 bits per heavy atom. The third kappa shape index (κ3) is 2.97. The first-order valence-electron chi connectivity index (χ1n) is 6.50. The van der Waals surface area contributed by atoms with E-state index in [1.807, 2.05) is 10.8 Å². The molecule has 2 rings (SSSR count). The Balaban J connectivity index is 1.94. The molecule has 1 aromatic rings. The van der Waals surface area contributed by atoms with E-state index in [-0.39, 0.29) is 11.7 Å². The maximum Gasteiger partial charge on any atom is 0.242 e. The van der Waals surface area contributed by atoms with Crippen molar-refractivity contribution in [2.75, 3.05) is 13.1 Å². The van der Waals surface area contributed by atoms with E-state index in [1.165, 1.54) is 0 Å². The van der Waals surface area contributed by atoms with Crippen molar-refractivity contribution in [1.82, 2.24) is 14.5 Å². The lowest BCUT2D eigenvalue weighted by molar-refractivity contribution is -0.135. The summed E-state index contributed by atoms with van der Waals surface area (Å²) in [5.74, 6) is 1.30. The average molecular weight is 249 g/mol. The van der Waals surface area contributed by atoms with E-state index in [0.29, 0.717) is 32.5 Å². The van der Waals surface area contributed by atoms with Crippen LogP contribution in [0.25, 0.3) is 0 Å². The lowest BCUT2D eigenvalue weighted by Gasteiger charge is -2.26. The van der Waals surface area contributed by atoms with Gasteiger partial charge in [0, 0.05) is 44.7 Å². The van der Waals surface area contributed by atoms with E-state index in [0.717, 1.165) is 18.7 Å². The third-order valence-corrected chi connectivity index (χ3v) is 3.25. The molecule has 1 aliphatic rings. The highest BCUT2D eigenvalue weighted by molar-refractivity contribution is 5.83. The SMILES string of the molecule is CCCc1nccn1CC(=O)N1CCC(=O)CC1. The zero-order chi connectivity index (χ0) is 13.0. The van der Waals surface area contributed by atoms with Gasteiger partial charge in [-0.25, -0.2) is 4.98 Å². The second-order valence-electron chi connectivity index (χ2n) is 4.64. The van der Waals surface area contributed by atoms with Crippen molar-refractivity contribution < 1.29 is 9.59 Å². The Kier molecular flexibility index (Phi) is 4.12. The standard InChI is InChI=1S/C13H19N3O2/c1-2-3-12-14-6-9-16(12)10-13(18)15-7-4-11(17)5-8-15/h6,9H,2-5,7-8,10H2,1H3. The molecule has 1 aromatic heterocycles. The molecule has 0 N–H and O–H groups in total. The zero-order valence-electron chi connectivity index (χ0n) is 10.8. The van der Waals surface area contributed by atoms with Gasteiger partial charge in [-0.1, -0.05) is 6.92 Å². The molecule has 0 spiro atoms. The van der Waals surface area contributed by atoms with Crippen LogP contribution in [0.5, 0.6) is 0 Å². The molecule has 0 aromatic carbocycles. The Morgan fingerprint density at radius 1 is 1.39 bits per heavy atom. The molecule has 98 valence electrons. The van der Waals surface area contributed by atoms with Crippen molar-refractivity contribution >= 4 is 11.7 Å². The van der Waals surface area contributed by atoms with Crippen LogP contribution in [0.1, 0.15) is 32.0 Å². The molecule has 0 bridgehead atoms. The largest absolute Gasteiger partial charge is 0.340 e. The van der Waals surface area contributed by atoms with Crippen molar-refractivity contribution in [1.29, 1.82) is 0 Å². The zero-order valence-corrected chi connectivity index (χ0v) is 10.8. The second kappa shape index (κ2) is 5.80. The van der Waals surface area contributed by atoms with Gasteiger partial charge in [0.2, 0.25) is 5.91 Å². The number of carbonyl (C=O) groups excluding carboxylic acids is 2. The first kappa shape index (κ1) is 12.8. The predicted molar refractivity (Wildman–Crippen MR) is 67.0 cm³/mol. The van der Waals surface area contributed by atoms with Crippen LogP contribution in [-0.2, 0) is 22.6 Å². The second-order valence-corrected chi connectivity index (χ2v) is 4.64. The van der Waals surface area contributed by atoms with Gasteiger partial charge in [0.25, 0.3) is 0 Å². The Bertz CT molecular complexity index is 429. The number of hydrogen-bond acceptors (Lipinski definition) is 3. The summed E-state index contributed by atoms with van der Waals surface area (Å²) in [6, 6.07) is 0. The molecule has 0 unspecified atom stereocenters. The smallest absolute Gasteiger partial charge is 0.242 e. The first-order valence-corrected chi connectivity index (χ1v) is 6.50. The number of hydrogen-bond donors (Lipinski definition) is 0. The van der Waals surface area contributed by atoms with Gasteiger partial charge in [0.1, 0.15) is 18.2 Å². The normalized spacial score (nSPS) is 16.1. The summed E-state index contributed by atoms with van der Waals surface area (Å²) >= 11 is 0. The molecule has 0 atom stereocenters. The summed E-state index contributed by atoms with van der Waals surface area (Å²) in [5.41, 5.74) is 0. The molecule has 5 nitrogen and oxygen atoms in total. The number of aryl methyl sites for hydroxylation is 1. The molecule has 1 fully saturated rings. The quantitative estimate of drug-likeness (QED) is 0.800. The molecule has 1 saturated heterocycles. The fraction of sp³-hybridized carbons (Fsp3) is 0.615. The van der Waals surface area contributed by atoms with Crippen LogP contribution in [0, 0.1) is 0 Å². The number of aromatic nitrogens is 2. The monoisotopic (exact) mass is 249 g/mol. The minimum Gasteiger partial charge on any atom is -0.340 e. The molecule has 2 heterocycles. The van der Waals surface area contributed by atoms with Gasteiger partial charge < -0.3 is 9.47 Å². The van der Waals surface area contributed by atoms with Gasteiger partial charge in [-0.15, -0.1) is 0 Å². The van der Waals surface area contributed by atoms with Crippen LogP contribution < -0.4 is 0 Å². The van der Waals surface area contributed by atoms with Gasteiger partial charge in [-0.2, -0.15) is 0 Å². The van der Waals surface area contributed by atoms with E-state index in [4.69, 9.17) is 0 Å². The van der Waals surface area contributed by atoms with E-state index in [2.05, 4.69) is 11.9 Å². The van der Waals surface area contributed by atoms with Crippen molar-refractivity contribution in [2.24, 2.45) is 0 Å². The number of likely N-dealkylation sites (tertiary alicyclic amines) is 1. The van der Waals surface area contributed by atoms with Gasteiger partial charge in [-0.3, -0.25) is 9.59 Å². The van der Waals surface area contributed by atoms with Crippen LogP contribution in [0.4, 0.5) is 0 Å². The lowest BCUT2D eigenvalue weighted by Crippen LogP contribution is -2.40.